The van der Waals surface area contributed by atoms with Crippen molar-refractivity contribution in [3.8, 4) is 0 Å². The zero-order valence-electron chi connectivity index (χ0n) is 11.8. The predicted octanol–water partition coefficient (Wildman–Crippen LogP) is 2.45. The van der Waals surface area contributed by atoms with Crippen molar-refractivity contribution in [1.82, 2.24) is 15.0 Å². The van der Waals surface area contributed by atoms with Crippen LogP contribution in [0.15, 0.2) is 18.2 Å². The number of rotatable bonds is 4. The molecule has 2 aromatic rings. The average Bonchev–Trinajstić information content (AvgIpc) is 2.39. The van der Waals surface area contributed by atoms with Crippen LogP contribution in [0.5, 0.6) is 0 Å². The van der Waals surface area contributed by atoms with Crippen molar-refractivity contribution in [2.75, 3.05) is 17.7 Å². The lowest BCUT2D eigenvalue weighted by atomic mass is 10.2. The fourth-order valence-corrected chi connectivity index (χ4v) is 1.92. The first-order valence-electron chi connectivity index (χ1n) is 6.29. The third-order valence-electron chi connectivity index (χ3n) is 2.88. The summed E-state index contributed by atoms with van der Waals surface area (Å²) in [7, 11) is 1.86. The van der Waals surface area contributed by atoms with Crippen LogP contribution in [-0.4, -0.2) is 22.0 Å². The van der Waals surface area contributed by atoms with Gasteiger partial charge in [-0.15, -0.1) is 0 Å². The van der Waals surface area contributed by atoms with E-state index in [2.05, 4.69) is 25.6 Å². The van der Waals surface area contributed by atoms with Crippen molar-refractivity contribution in [3.63, 3.8) is 0 Å². The minimum atomic E-state index is 0.655. The lowest BCUT2D eigenvalue weighted by Gasteiger charge is -2.12. The van der Waals surface area contributed by atoms with Gasteiger partial charge in [-0.3, -0.25) is 4.98 Å². The molecule has 0 aliphatic carbocycles. The summed E-state index contributed by atoms with van der Waals surface area (Å²) < 4.78 is 0. The number of pyridine rings is 1. The van der Waals surface area contributed by atoms with Gasteiger partial charge in [0.15, 0.2) is 0 Å². The Bertz CT molecular complexity index is 580. The van der Waals surface area contributed by atoms with E-state index in [-0.39, 0.29) is 0 Å². The Hall–Kier alpha value is -2.17. The molecule has 0 unspecified atom stereocenters. The number of hydrogen-bond acceptors (Lipinski definition) is 5. The van der Waals surface area contributed by atoms with Gasteiger partial charge in [-0.05, 0) is 32.9 Å². The highest BCUT2D eigenvalue weighted by Gasteiger charge is 2.07. The van der Waals surface area contributed by atoms with Crippen molar-refractivity contribution in [1.29, 1.82) is 0 Å². The summed E-state index contributed by atoms with van der Waals surface area (Å²) >= 11 is 0. The van der Waals surface area contributed by atoms with Crippen molar-refractivity contribution in [3.05, 3.63) is 41.0 Å². The van der Waals surface area contributed by atoms with Crippen LogP contribution in [0, 0.1) is 20.8 Å². The molecule has 0 aliphatic rings. The van der Waals surface area contributed by atoms with Crippen LogP contribution in [0.3, 0.4) is 0 Å². The SMILES string of the molecule is CNc1nc(C)nc(NCc2cccc(C)n2)c1C. The highest BCUT2D eigenvalue weighted by molar-refractivity contribution is 5.56. The topological polar surface area (TPSA) is 62.7 Å². The molecule has 0 aliphatic heterocycles. The zero-order chi connectivity index (χ0) is 13.8. The minimum Gasteiger partial charge on any atom is -0.373 e. The molecule has 0 saturated heterocycles. The zero-order valence-corrected chi connectivity index (χ0v) is 11.8. The summed E-state index contributed by atoms with van der Waals surface area (Å²) in [6.45, 7) is 6.53. The fourth-order valence-electron chi connectivity index (χ4n) is 1.92. The first kappa shape index (κ1) is 13.3. The first-order chi connectivity index (χ1) is 9.10. The van der Waals surface area contributed by atoms with E-state index in [0.29, 0.717) is 6.54 Å². The van der Waals surface area contributed by atoms with E-state index in [1.807, 2.05) is 46.0 Å². The average molecular weight is 257 g/mol. The van der Waals surface area contributed by atoms with Crippen LogP contribution in [0.2, 0.25) is 0 Å². The van der Waals surface area contributed by atoms with Gasteiger partial charge in [0.1, 0.15) is 17.5 Å². The van der Waals surface area contributed by atoms with Gasteiger partial charge in [-0.2, -0.15) is 0 Å². The van der Waals surface area contributed by atoms with Gasteiger partial charge < -0.3 is 10.6 Å². The summed E-state index contributed by atoms with van der Waals surface area (Å²) in [6.07, 6.45) is 0. The highest BCUT2D eigenvalue weighted by Crippen LogP contribution is 2.19. The lowest BCUT2D eigenvalue weighted by molar-refractivity contribution is 0.971. The third kappa shape index (κ3) is 3.19. The van der Waals surface area contributed by atoms with Gasteiger partial charge in [0.25, 0.3) is 0 Å². The second-order valence-electron chi connectivity index (χ2n) is 4.47. The van der Waals surface area contributed by atoms with Gasteiger partial charge in [0, 0.05) is 18.3 Å². The van der Waals surface area contributed by atoms with Crippen LogP contribution >= 0.6 is 0 Å². The number of anilines is 2. The molecule has 0 radical (unpaired) electrons. The van der Waals surface area contributed by atoms with Crippen molar-refractivity contribution < 1.29 is 0 Å². The molecule has 2 aromatic heterocycles. The van der Waals surface area contributed by atoms with E-state index < -0.39 is 0 Å². The second kappa shape index (κ2) is 5.65. The largest absolute Gasteiger partial charge is 0.373 e. The van der Waals surface area contributed by atoms with E-state index in [1.165, 1.54) is 0 Å². The van der Waals surface area contributed by atoms with E-state index in [9.17, 15) is 0 Å². The van der Waals surface area contributed by atoms with Crippen LogP contribution in [-0.2, 0) is 6.54 Å². The molecule has 2 rings (SSSR count). The Balaban J connectivity index is 2.17. The van der Waals surface area contributed by atoms with E-state index in [0.717, 1.165) is 34.4 Å². The normalized spacial score (nSPS) is 10.3. The molecule has 0 spiro atoms. The predicted molar refractivity (Wildman–Crippen MR) is 77.4 cm³/mol. The molecule has 2 heterocycles. The maximum atomic E-state index is 4.46. The quantitative estimate of drug-likeness (QED) is 0.881. The number of aryl methyl sites for hydroxylation is 2. The van der Waals surface area contributed by atoms with E-state index in [4.69, 9.17) is 0 Å². The smallest absolute Gasteiger partial charge is 0.135 e. The molecule has 5 heteroatoms. The lowest BCUT2D eigenvalue weighted by Crippen LogP contribution is -2.09. The summed E-state index contributed by atoms with van der Waals surface area (Å²) in [5.41, 5.74) is 3.04. The molecular formula is C14H19N5. The number of nitrogens with zero attached hydrogens (tertiary/aromatic N) is 3. The summed E-state index contributed by atoms with van der Waals surface area (Å²) in [6, 6.07) is 6.00. The van der Waals surface area contributed by atoms with Gasteiger partial charge in [0.05, 0.1) is 12.2 Å². The Morgan fingerprint density at radius 3 is 2.42 bits per heavy atom. The molecule has 0 aromatic carbocycles. The number of hydrogen-bond donors (Lipinski definition) is 2. The fraction of sp³-hybridized carbons (Fsp3) is 0.357. The Morgan fingerprint density at radius 1 is 1.00 bits per heavy atom. The summed E-state index contributed by atoms with van der Waals surface area (Å²) in [5, 5.41) is 6.40. The Kier molecular flexibility index (Phi) is 3.94. The van der Waals surface area contributed by atoms with Gasteiger partial charge in [-0.25, -0.2) is 9.97 Å². The maximum absolute atomic E-state index is 4.46. The molecule has 2 N–H and O–H groups in total. The Morgan fingerprint density at radius 2 is 1.74 bits per heavy atom. The monoisotopic (exact) mass is 257 g/mol. The Labute approximate surface area is 113 Å². The third-order valence-corrected chi connectivity index (χ3v) is 2.88. The van der Waals surface area contributed by atoms with Gasteiger partial charge in [-0.1, -0.05) is 6.07 Å². The van der Waals surface area contributed by atoms with Crippen molar-refractivity contribution in [2.45, 2.75) is 27.3 Å². The van der Waals surface area contributed by atoms with E-state index in [1.54, 1.807) is 0 Å². The summed E-state index contributed by atoms with van der Waals surface area (Å²) in [5.74, 6) is 2.45. The van der Waals surface area contributed by atoms with Crippen molar-refractivity contribution in [2.24, 2.45) is 0 Å². The molecule has 0 bridgehead atoms. The number of nitrogens with one attached hydrogen (secondary N) is 2. The van der Waals surface area contributed by atoms with Gasteiger partial charge in [0.2, 0.25) is 0 Å². The number of aromatic nitrogens is 3. The van der Waals surface area contributed by atoms with Crippen LogP contribution in [0.4, 0.5) is 11.6 Å². The van der Waals surface area contributed by atoms with Crippen molar-refractivity contribution >= 4 is 11.6 Å². The molecular weight excluding hydrogens is 238 g/mol. The van der Waals surface area contributed by atoms with Crippen LogP contribution in [0.25, 0.3) is 0 Å². The second-order valence-corrected chi connectivity index (χ2v) is 4.47. The summed E-state index contributed by atoms with van der Waals surface area (Å²) in [4.78, 5) is 13.2. The minimum absolute atomic E-state index is 0.655. The van der Waals surface area contributed by atoms with Crippen LogP contribution < -0.4 is 10.6 Å². The molecule has 5 nitrogen and oxygen atoms in total. The molecule has 19 heavy (non-hydrogen) atoms. The highest BCUT2D eigenvalue weighted by atomic mass is 15.1. The maximum Gasteiger partial charge on any atom is 0.135 e. The standard InChI is InChI=1S/C14H19N5/c1-9-6-5-7-12(17-9)8-16-14-10(2)13(15-4)18-11(3)19-14/h5-7H,8H2,1-4H3,(H2,15,16,18,19). The molecule has 100 valence electrons. The van der Waals surface area contributed by atoms with Gasteiger partial charge >= 0.3 is 0 Å². The molecule has 0 amide bonds. The first-order valence-corrected chi connectivity index (χ1v) is 6.29. The molecule has 0 saturated carbocycles. The van der Waals surface area contributed by atoms with Crippen LogP contribution in [0.1, 0.15) is 22.8 Å². The molecule has 0 fully saturated rings. The van der Waals surface area contributed by atoms with E-state index >= 15 is 0 Å². The molecule has 0 atom stereocenters.